The van der Waals surface area contributed by atoms with Gasteiger partial charge < -0.3 is 10.2 Å². The van der Waals surface area contributed by atoms with Crippen LogP contribution >= 0.6 is 23.2 Å². The van der Waals surface area contributed by atoms with E-state index in [0.29, 0.717) is 28.7 Å². The fourth-order valence-electron chi connectivity index (χ4n) is 3.61. The minimum absolute atomic E-state index is 0.0864. The lowest BCUT2D eigenvalue weighted by atomic mass is 10.1. The highest BCUT2D eigenvalue weighted by Crippen LogP contribution is 2.22. The number of carbonyl (C=O) groups excluding carboxylic acids is 2. The number of anilines is 1. The Morgan fingerprint density at radius 1 is 0.971 bits per heavy atom. The molecule has 2 rings (SSSR count). The molecular weight excluding hydrogens is 497 g/mol. The largest absolute Gasteiger partial charge is 0.355 e. The summed E-state index contributed by atoms with van der Waals surface area (Å²) < 4.78 is 25.9. The van der Waals surface area contributed by atoms with Gasteiger partial charge in [-0.1, -0.05) is 42.3 Å². The summed E-state index contributed by atoms with van der Waals surface area (Å²) in [5.74, 6) is -0.441. The molecule has 0 aliphatic heterocycles. The Morgan fingerprint density at radius 3 is 2.03 bits per heavy atom. The summed E-state index contributed by atoms with van der Waals surface area (Å²) in [4.78, 5) is 27.5. The molecule has 0 aliphatic carbocycles. The number of likely N-dealkylation sites (N-methyl/N-ethyl adjacent to an activating group) is 1. The minimum atomic E-state index is -3.55. The Kier molecular flexibility index (Phi) is 10.7. The number of hydrogen-bond acceptors (Lipinski definition) is 4. The summed E-state index contributed by atoms with van der Waals surface area (Å²) in [6.45, 7) is 4.51. The molecule has 1 N–H and O–H groups in total. The van der Waals surface area contributed by atoms with Gasteiger partial charge >= 0.3 is 0 Å². The van der Waals surface area contributed by atoms with E-state index in [1.165, 1.54) is 4.31 Å². The average Bonchev–Trinajstić information content (AvgIpc) is 2.78. The van der Waals surface area contributed by atoms with Gasteiger partial charge in [0.1, 0.15) is 6.04 Å². The fraction of sp³-hybridized carbons (Fsp3) is 0.417. The Morgan fingerprint density at radius 2 is 1.53 bits per heavy atom. The molecule has 0 aliphatic rings. The first-order chi connectivity index (χ1) is 16.1. The van der Waals surface area contributed by atoms with E-state index in [-0.39, 0.29) is 37.7 Å². The molecule has 0 saturated carbocycles. The molecule has 186 valence electrons. The third kappa shape index (κ3) is 8.18. The van der Waals surface area contributed by atoms with Crippen molar-refractivity contribution in [1.29, 1.82) is 0 Å². The van der Waals surface area contributed by atoms with Crippen molar-refractivity contribution < 1.29 is 18.0 Å². The zero-order valence-corrected chi connectivity index (χ0v) is 22.0. The van der Waals surface area contributed by atoms with Crippen molar-refractivity contribution >= 4 is 50.7 Å². The van der Waals surface area contributed by atoms with Crippen LogP contribution in [0.2, 0.25) is 10.0 Å². The van der Waals surface area contributed by atoms with E-state index >= 15 is 0 Å². The first kappa shape index (κ1) is 28.0. The molecule has 1 atom stereocenters. The number of nitrogens with one attached hydrogen (secondary N) is 1. The smallest absolute Gasteiger partial charge is 0.242 e. The highest BCUT2D eigenvalue weighted by atomic mass is 35.5. The van der Waals surface area contributed by atoms with E-state index in [2.05, 4.69) is 5.32 Å². The molecule has 0 heterocycles. The molecule has 7 nitrogen and oxygen atoms in total. The molecular formula is C24H31Cl2N3O4S. The van der Waals surface area contributed by atoms with Gasteiger partial charge in [0.25, 0.3) is 0 Å². The predicted molar refractivity (Wildman–Crippen MR) is 138 cm³/mol. The van der Waals surface area contributed by atoms with Crippen molar-refractivity contribution in [2.75, 3.05) is 23.7 Å². The van der Waals surface area contributed by atoms with E-state index < -0.39 is 16.1 Å². The monoisotopic (exact) mass is 527 g/mol. The van der Waals surface area contributed by atoms with Crippen molar-refractivity contribution in [2.24, 2.45) is 0 Å². The van der Waals surface area contributed by atoms with Crippen LogP contribution in [0.3, 0.4) is 0 Å². The summed E-state index contributed by atoms with van der Waals surface area (Å²) in [6.07, 6.45) is 1.95. The Balaban J connectivity index is 2.18. The van der Waals surface area contributed by atoms with Crippen molar-refractivity contribution in [1.82, 2.24) is 10.2 Å². The SMILES string of the molecule is CCNC(=O)[C@H](CC)N(Cc1ccc(Cl)cc1)C(=O)CCCN(c1ccc(Cl)cc1)S(C)(=O)=O. The van der Waals surface area contributed by atoms with Crippen LogP contribution < -0.4 is 9.62 Å². The van der Waals surface area contributed by atoms with Crippen LogP contribution in [0.25, 0.3) is 0 Å². The van der Waals surface area contributed by atoms with Crippen molar-refractivity contribution in [2.45, 2.75) is 45.7 Å². The van der Waals surface area contributed by atoms with Gasteiger partial charge in [-0.3, -0.25) is 13.9 Å². The lowest BCUT2D eigenvalue weighted by Crippen LogP contribution is -2.49. The predicted octanol–water partition coefficient (Wildman–Crippen LogP) is 4.48. The third-order valence-electron chi connectivity index (χ3n) is 5.27. The number of hydrogen-bond donors (Lipinski definition) is 1. The van der Waals surface area contributed by atoms with E-state index in [1.54, 1.807) is 41.3 Å². The number of sulfonamides is 1. The molecule has 0 bridgehead atoms. The summed E-state index contributed by atoms with van der Waals surface area (Å²) in [5, 5.41) is 3.88. The standard InChI is InChI=1S/C24H31Cl2N3O4S/c1-4-22(24(31)27-5-2)28(17-18-8-10-19(25)11-9-18)23(30)7-6-16-29(34(3,32)33)21-14-12-20(26)13-15-21/h8-15,22H,4-7,16-17H2,1-3H3,(H,27,31)/t22-/m0/s1. The second-order valence-corrected chi connectivity index (χ2v) is 10.7. The van der Waals surface area contributed by atoms with Gasteiger partial charge in [0.05, 0.1) is 11.9 Å². The molecule has 10 heteroatoms. The maximum absolute atomic E-state index is 13.3. The summed E-state index contributed by atoms with van der Waals surface area (Å²) >= 11 is 11.9. The number of amides is 2. The molecule has 0 unspecified atom stereocenters. The number of halogens is 2. The second-order valence-electron chi connectivity index (χ2n) is 7.88. The number of carbonyl (C=O) groups is 2. The molecule has 0 fully saturated rings. The molecule has 0 saturated heterocycles. The molecule has 2 amide bonds. The van der Waals surface area contributed by atoms with Crippen LogP contribution in [-0.2, 0) is 26.2 Å². The molecule has 2 aromatic carbocycles. The van der Waals surface area contributed by atoms with E-state index in [4.69, 9.17) is 23.2 Å². The normalized spacial score (nSPS) is 12.1. The van der Waals surface area contributed by atoms with Crippen molar-refractivity contribution in [3.05, 3.63) is 64.1 Å². The summed E-state index contributed by atoms with van der Waals surface area (Å²) in [7, 11) is -3.55. The fourth-order valence-corrected chi connectivity index (χ4v) is 4.83. The highest BCUT2D eigenvalue weighted by molar-refractivity contribution is 7.92. The van der Waals surface area contributed by atoms with Crippen LogP contribution in [0, 0.1) is 0 Å². The van der Waals surface area contributed by atoms with Gasteiger partial charge in [0.15, 0.2) is 0 Å². The molecule has 0 radical (unpaired) electrons. The number of nitrogens with zero attached hydrogens (tertiary/aromatic N) is 2. The molecule has 34 heavy (non-hydrogen) atoms. The molecule has 0 spiro atoms. The number of benzene rings is 2. The van der Waals surface area contributed by atoms with E-state index in [0.717, 1.165) is 11.8 Å². The zero-order chi connectivity index (χ0) is 25.3. The van der Waals surface area contributed by atoms with Gasteiger partial charge in [0.2, 0.25) is 21.8 Å². The average molecular weight is 529 g/mol. The molecule has 0 aromatic heterocycles. The van der Waals surface area contributed by atoms with E-state index in [9.17, 15) is 18.0 Å². The van der Waals surface area contributed by atoms with Crippen LogP contribution in [0.4, 0.5) is 5.69 Å². The Bertz CT molecular complexity index is 1060. The summed E-state index contributed by atoms with van der Waals surface area (Å²) in [6, 6.07) is 13.0. The van der Waals surface area contributed by atoms with Gasteiger partial charge in [-0.25, -0.2) is 8.42 Å². The maximum atomic E-state index is 13.3. The van der Waals surface area contributed by atoms with Gasteiger partial charge in [-0.15, -0.1) is 0 Å². The van der Waals surface area contributed by atoms with Crippen molar-refractivity contribution in [3.63, 3.8) is 0 Å². The first-order valence-electron chi connectivity index (χ1n) is 11.1. The van der Waals surface area contributed by atoms with E-state index in [1.807, 2.05) is 26.0 Å². The van der Waals surface area contributed by atoms with Crippen LogP contribution in [0.5, 0.6) is 0 Å². The van der Waals surface area contributed by atoms with Crippen molar-refractivity contribution in [3.8, 4) is 0 Å². The van der Waals surface area contributed by atoms with Crippen LogP contribution in [0.1, 0.15) is 38.7 Å². The lowest BCUT2D eigenvalue weighted by molar-refractivity contribution is -0.141. The summed E-state index contributed by atoms with van der Waals surface area (Å²) in [5.41, 5.74) is 1.32. The topological polar surface area (TPSA) is 86.8 Å². The van der Waals surface area contributed by atoms with Crippen LogP contribution in [0.15, 0.2) is 48.5 Å². The van der Waals surface area contributed by atoms with Gasteiger partial charge in [-0.05, 0) is 61.7 Å². The lowest BCUT2D eigenvalue weighted by Gasteiger charge is -2.31. The minimum Gasteiger partial charge on any atom is -0.355 e. The van der Waals surface area contributed by atoms with Crippen LogP contribution in [-0.4, -0.2) is 50.5 Å². The van der Waals surface area contributed by atoms with Gasteiger partial charge in [-0.2, -0.15) is 0 Å². The second kappa shape index (κ2) is 13.0. The third-order valence-corrected chi connectivity index (χ3v) is 6.97. The zero-order valence-electron chi connectivity index (χ0n) is 19.6. The molecule has 2 aromatic rings. The Hall–Kier alpha value is -2.29. The van der Waals surface area contributed by atoms with Gasteiger partial charge in [0, 0.05) is 36.1 Å². The number of rotatable bonds is 12. The highest BCUT2D eigenvalue weighted by Gasteiger charge is 2.28. The first-order valence-corrected chi connectivity index (χ1v) is 13.7. The quantitative estimate of drug-likeness (QED) is 0.440. The Labute approximate surface area is 212 Å². The maximum Gasteiger partial charge on any atom is 0.242 e.